The minimum absolute atomic E-state index is 0.0576. The molecule has 1 saturated heterocycles. The molecule has 0 bridgehead atoms. The van der Waals surface area contributed by atoms with Crippen LogP contribution >= 0.6 is 0 Å². The Morgan fingerprint density at radius 1 is 1.21 bits per heavy atom. The van der Waals surface area contributed by atoms with Crippen LogP contribution in [-0.2, 0) is 10.9 Å². The second-order valence-corrected chi connectivity index (χ2v) is 4.68. The lowest BCUT2D eigenvalue weighted by atomic mass is 9.85. The third-order valence-electron chi connectivity index (χ3n) is 3.52. The van der Waals surface area contributed by atoms with Gasteiger partial charge in [0.05, 0.1) is 5.56 Å². The number of nitrogens with two attached hydrogens (primary N) is 1. The number of halogens is 3. The monoisotopic (exact) mass is 274 g/mol. The summed E-state index contributed by atoms with van der Waals surface area (Å²) in [5.41, 5.74) is 2.14. The molecular weight excluding hydrogens is 257 g/mol. The number of rotatable bonds is 3. The maximum atomic E-state index is 13.0. The van der Waals surface area contributed by atoms with Crippen molar-refractivity contribution in [3.8, 4) is 0 Å². The Labute approximate surface area is 109 Å². The van der Waals surface area contributed by atoms with E-state index in [0.29, 0.717) is 26.1 Å². The zero-order valence-corrected chi connectivity index (χ0v) is 10.4. The molecule has 0 radical (unpaired) electrons. The van der Waals surface area contributed by atoms with Crippen LogP contribution in [0.2, 0.25) is 0 Å². The SMILES string of the molecule is NNC(c1ccccc1C(F)(F)F)C1CCOCC1. The highest BCUT2D eigenvalue weighted by atomic mass is 19.4. The summed E-state index contributed by atoms with van der Waals surface area (Å²) in [6.07, 6.45) is -2.95. The molecule has 1 heterocycles. The van der Waals surface area contributed by atoms with Gasteiger partial charge >= 0.3 is 6.18 Å². The van der Waals surface area contributed by atoms with Gasteiger partial charge in [-0.25, -0.2) is 0 Å². The molecule has 106 valence electrons. The number of ether oxygens (including phenoxy) is 1. The standard InChI is InChI=1S/C13H17F3N2O/c14-13(15,16)11-4-2-1-3-10(11)12(18-17)9-5-7-19-8-6-9/h1-4,9,12,18H,5-8,17H2. The van der Waals surface area contributed by atoms with Crippen LogP contribution in [0.15, 0.2) is 24.3 Å². The zero-order chi connectivity index (χ0) is 13.9. The smallest absolute Gasteiger partial charge is 0.381 e. The molecule has 1 aromatic carbocycles. The summed E-state index contributed by atoms with van der Waals surface area (Å²) in [5, 5.41) is 0. The summed E-state index contributed by atoms with van der Waals surface area (Å²) in [7, 11) is 0. The summed E-state index contributed by atoms with van der Waals surface area (Å²) >= 11 is 0. The van der Waals surface area contributed by atoms with Gasteiger partial charge in [-0.1, -0.05) is 18.2 Å². The molecule has 6 heteroatoms. The molecule has 2 rings (SSSR count). The van der Waals surface area contributed by atoms with Crippen LogP contribution in [-0.4, -0.2) is 13.2 Å². The van der Waals surface area contributed by atoms with Crippen molar-refractivity contribution in [1.29, 1.82) is 0 Å². The van der Waals surface area contributed by atoms with E-state index in [-0.39, 0.29) is 11.5 Å². The molecule has 0 spiro atoms. The van der Waals surface area contributed by atoms with Gasteiger partial charge in [0.15, 0.2) is 0 Å². The van der Waals surface area contributed by atoms with Crippen LogP contribution in [0.3, 0.4) is 0 Å². The van der Waals surface area contributed by atoms with Crippen molar-refractivity contribution in [1.82, 2.24) is 5.43 Å². The molecule has 0 aliphatic carbocycles. The van der Waals surface area contributed by atoms with E-state index in [4.69, 9.17) is 10.6 Å². The lowest BCUT2D eigenvalue weighted by molar-refractivity contribution is -0.138. The van der Waals surface area contributed by atoms with E-state index >= 15 is 0 Å². The van der Waals surface area contributed by atoms with Gasteiger partial charge in [-0.05, 0) is 30.4 Å². The van der Waals surface area contributed by atoms with Crippen LogP contribution in [0.4, 0.5) is 13.2 Å². The first-order valence-corrected chi connectivity index (χ1v) is 6.24. The highest BCUT2D eigenvalue weighted by Gasteiger charge is 2.36. The Balaban J connectivity index is 2.32. The summed E-state index contributed by atoms with van der Waals surface area (Å²) < 4.78 is 44.3. The van der Waals surface area contributed by atoms with E-state index in [0.717, 1.165) is 6.07 Å². The number of alkyl halides is 3. The van der Waals surface area contributed by atoms with E-state index in [2.05, 4.69) is 5.43 Å². The summed E-state index contributed by atoms with van der Waals surface area (Å²) in [5.74, 6) is 5.55. The average Bonchev–Trinajstić information content (AvgIpc) is 2.40. The van der Waals surface area contributed by atoms with E-state index in [1.807, 2.05) is 0 Å². The molecule has 3 nitrogen and oxygen atoms in total. The van der Waals surface area contributed by atoms with Gasteiger partial charge in [0.1, 0.15) is 0 Å². The molecule has 1 aromatic rings. The van der Waals surface area contributed by atoms with Crippen molar-refractivity contribution < 1.29 is 17.9 Å². The van der Waals surface area contributed by atoms with Crippen molar-refractivity contribution >= 4 is 0 Å². The summed E-state index contributed by atoms with van der Waals surface area (Å²) in [6.45, 7) is 1.13. The van der Waals surface area contributed by atoms with Crippen molar-refractivity contribution in [3.63, 3.8) is 0 Å². The zero-order valence-electron chi connectivity index (χ0n) is 10.4. The molecule has 0 aromatic heterocycles. The minimum atomic E-state index is -4.36. The Bertz CT molecular complexity index is 417. The van der Waals surface area contributed by atoms with Crippen molar-refractivity contribution in [2.24, 2.45) is 11.8 Å². The molecule has 1 atom stereocenters. The summed E-state index contributed by atoms with van der Waals surface area (Å²) in [4.78, 5) is 0. The average molecular weight is 274 g/mol. The Hall–Kier alpha value is -1.11. The second-order valence-electron chi connectivity index (χ2n) is 4.68. The fourth-order valence-electron chi connectivity index (χ4n) is 2.56. The number of nitrogens with one attached hydrogen (secondary N) is 1. The van der Waals surface area contributed by atoms with E-state index in [9.17, 15) is 13.2 Å². The molecule has 1 fully saturated rings. The predicted molar refractivity (Wildman–Crippen MR) is 65.1 cm³/mol. The Morgan fingerprint density at radius 3 is 2.42 bits per heavy atom. The molecule has 19 heavy (non-hydrogen) atoms. The van der Waals surface area contributed by atoms with Crippen LogP contribution in [0.1, 0.15) is 30.0 Å². The molecular formula is C13H17F3N2O. The van der Waals surface area contributed by atoms with Crippen LogP contribution in [0, 0.1) is 5.92 Å². The minimum Gasteiger partial charge on any atom is -0.381 e. The van der Waals surface area contributed by atoms with Gasteiger partial charge in [0.2, 0.25) is 0 Å². The van der Waals surface area contributed by atoms with Crippen LogP contribution in [0.25, 0.3) is 0 Å². The van der Waals surface area contributed by atoms with E-state index in [1.165, 1.54) is 12.1 Å². The largest absolute Gasteiger partial charge is 0.416 e. The fraction of sp³-hybridized carbons (Fsp3) is 0.538. The highest BCUT2D eigenvalue weighted by Crippen LogP contribution is 2.38. The normalized spacial score (nSPS) is 19.4. The quantitative estimate of drug-likeness (QED) is 0.658. The molecule has 1 unspecified atom stereocenters. The van der Waals surface area contributed by atoms with Crippen molar-refractivity contribution in [3.05, 3.63) is 35.4 Å². The first kappa shape index (κ1) is 14.3. The predicted octanol–water partition coefficient (Wildman–Crippen LogP) is 2.64. The third-order valence-corrected chi connectivity index (χ3v) is 3.52. The van der Waals surface area contributed by atoms with Gasteiger partial charge in [0.25, 0.3) is 0 Å². The fourth-order valence-corrected chi connectivity index (χ4v) is 2.56. The Kier molecular flexibility index (Phi) is 4.44. The topological polar surface area (TPSA) is 47.3 Å². The molecule has 3 N–H and O–H groups in total. The maximum absolute atomic E-state index is 13.0. The van der Waals surface area contributed by atoms with Gasteiger partial charge in [-0.15, -0.1) is 0 Å². The lowest BCUT2D eigenvalue weighted by Crippen LogP contribution is -2.37. The molecule has 0 amide bonds. The number of hydrogen-bond acceptors (Lipinski definition) is 3. The third kappa shape index (κ3) is 3.26. The first-order chi connectivity index (χ1) is 9.04. The highest BCUT2D eigenvalue weighted by molar-refractivity contribution is 5.32. The van der Waals surface area contributed by atoms with Gasteiger partial charge in [0, 0.05) is 19.3 Å². The summed E-state index contributed by atoms with van der Waals surface area (Å²) in [6, 6.07) is 5.08. The second kappa shape index (κ2) is 5.90. The number of hydrazine groups is 1. The van der Waals surface area contributed by atoms with Crippen molar-refractivity contribution in [2.75, 3.05) is 13.2 Å². The molecule has 1 aliphatic rings. The Morgan fingerprint density at radius 2 is 1.84 bits per heavy atom. The van der Waals surface area contributed by atoms with Gasteiger partial charge < -0.3 is 4.74 Å². The van der Waals surface area contributed by atoms with Crippen LogP contribution < -0.4 is 11.3 Å². The number of benzene rings is 1. The maximum Gasteiger partial charge on any atom is 0.416 e. The van der Waals surface area contributed by atoms with Gasteiger partial charge in [-0.3, -0.25) is 11.3 Å². The van der Waals surface area contributed by atoms with Crippen LogP contribution in [0.5, 0.6) is 0 Å². The molecule has 0 saturated carbocycles. The van der Waals surface area contributed by atoms with Crippen molar-refractivity contribution in [2.45, 2.75) is 25.1 Å². The first-order valence-electron chi connectivity index (χ1n) is 6.24. The van der Waals surface area contributed by atoms with E-state index in [1.54, 1.807) is 6.07 Å². The molecule has 1 aliphatic heterocycles. The van der Waals surface area contributed by atoms with E-state index < -0.39 is 17.8 Å². The van der Waals surface area contributed by atoms with Gasteiger partial charge in [-0.2, -0.15) is 13.2 Å². The lowest BCUT2D eigenvalue weighted by Gasteiger charge is -2.31. The number of hydrogen-bond donors (Lipinski definition) is 2.